The summed E-state index contributed by atoms with van der Waals surface area (Å²) in [6, 6.07) is 5.24. The predicted molar refractivity (Wildman–Crippen MR) is 72.5 cm³/mol. The van der Waals surface area contributed by atoms with Crippen molar-refractivity contribution in [3.63, 3.8) is 0 Å². The van der Waals surface area contributed by atoms with Crippen molar-refractivity contribution in [1.82, 2.24) is 20.5 Å². The van der Waals surface area contributed by atoms with E-state index < -0.39 is 0 Å². The molecule has 0 aliphatic carbocycles. The van der Waals surface area contributed by atoms with Crippen LogP contribution < -0.4 is 11.1 Å². The minimum atomic E-state index is -0.235. The molecular weight excluding hydrogens is 242 g/mol. The van der Waals surface area contributed by atoms with Crippen molar-refractivity contribution in [2.24, 2.45) is 0 Å². The molecule has 2 rings (SSSR count). The molecule has 2 aromatic heterocycles. The van der Waals surface area contributed by atoms with Gasteiger partial charge in [-0.2, -0.15) is 5.10 Å². The Balaban J connectivity index is 2.16. The summed E-state index contributed by atoms with van der Waals surface area (Å²) < 4.78 is 0. The van der Waals surface area contributed by atoms with E-state index in [1.807, 2.05) is 26.0 Å². The average Bonchev–Trinajstić information content (AvgIpc) is 2.83. The van der Waals surface area contributed by atoms with Gasteiger partial charge in [0.2, 0.25) is 0 Å². The molecule has 1 amide bonds. The Morgan fingerprint density at radius 2 is 2.37 bits per heavy atom. The normalized spacial score (nSPS) is 12.1. The summed E-state index contributed by atoms with van der Waals surface area (Å²) in [5.41, 5.74) is 7.77. The Kier molecular flexibility index (Phi) is 3.79. The summed E-state index contributed by atoms with van der Waals surface area (Å²) in [5.74, 6) is 0.0633. The topological polar surface area (TPSA) is 96.7 Å². The van der Waals surface area contributed by atoms with Crippen LogP contribution in [0.1, 0.15) is 41.1 Å². The largest absolute Gasteiger partial charge is 0.382 e. The number of nitrogen functional groups attached to an aromatic ring is 1. The first kappa shape index (κ1) is 13.1. The van der Waals surface area contributed by atoms with Crippen molar-refractivity contribution in [2.45, 2.75) is 26.3 Å². The van der Waals surface area contributed by atoms with Crippen LogP contribution in [-0.2, 0) is 0 Å². The molecule has 0 unspecified atom stereocenters. The smallest absolute Gasteiger partial charge is 0.269 e. The van der Waals surface area contributed by atoms with Crippen molar-refractivity contribution in [2.75, 3.05) is 5.73 Å². The van der Waals surface area contributed by atoms with Crippen molar-refractivity contribution in [3.05, 3.63) is 41.3 Å². The van der Waals surface area contributed by atoms with Crippen molar-refractivity contribution >= 4 is 11.7 Å². The highest BCUT2D eigenvalue weighted by atomic mass is 16.2. The van der Waals surface area contributed by atoms with E-state index in [0.717, 1.165) is 17.7 Å². The van der Waals surface area contributed by atoms with Gasteiger partial charge in [0.05, 0.1) is 11.7 Å². The molecule has 0 fully saturated rings. The van der Waals surface area contributed by atoms with Gasteiger partial charge in [-0.15, -0.1) is 0 Å². The van der Waals surface area contributed by atoms with Crippen LogP contribution in [0.4, 0.5) is 5.82 Å². The van der Waals surface area contributed by atoms with Crippen LogP contribution in [0.3, 0.4) is 0 Å². The van der Waals surface area contributed by atoms with Crippen LogP contribution in [0, 0.1) is 6.92 Å². The molecule has 4 N–H and O–H groups in total. The Hall–Kier alpha value is -2.37. The first-order valence-corrected chi connectivity index (χ1v) is 6.15. The molecule has 0 aliphatic heterocycles. The summed E-state index contributed by atoms with van der Waals surface area (Å²) in [7, 11) is 0. The second-order valence-corrected chi connectivity index (χ2v) is 4.35. The summed E-state index contributed by atoms with van der Waals surface area (Å²) in [5, 5.41) is 9.26. The van der Waals surface area contributed by atoms with Crippen LogP contribution in [0.25, 0.3) is 0 Å². The zero-order valence-corrected chi connectivity index (χ0v) is 11.0. The quantitative estimate of drug-likeness (QED) is 0.776. The number of anilines is 1. The molecule has 2 heterocycles. The Bertz CT molecular complexity index is 578. The number of nitrogens with two attached hydrogens (primary N) is 1. The predicted octanol–water partition coefficient (Wildman–Crippen LogP) is 1.58. The third-order valence-corrected chi connectivity index (χ3v) is 2.94. The number of aromatic amines is 1. The number of H-pyrrole nitrogens is 1. The van der Waals surface area contributed by atoms with Gasteiger partial charge in [-0.3, -0.25) is 14.9 Å². The molecule has 100 valence electrons. The van der Waals surface area contributed by atoms with Crippen LogP contribution in [-0.4, -0.2) is 21.1 Å². The van der Waals surface area contributed by atoms with Crippen LogP contribution in [0.2, 0.25) is 0 Å². The minimum Gasteiger partial charge on any atom is -0.382 e. The first-order valence-electron chi connectivity index (χ1n) is 6.15. The number of carbonyl (C=O) groups excluding carboxylic acids is 1. The zero-order chi connectivity index (χ0) is 13.8. The third-order valence-electron chi connectivity index (χ3n) is 2.94. The van der Waals surface area contributed by atoms with Gasteiger partial charge < -0.3 is 11.1 Å². The van der Waals surface area contributed by atoms with Gasteiger partial charge in [0.15, 0.2) is 0 Å². The fraction of sp³-hybridized carbons (Fsp3) is 0.308. The second-order valence-electron chi connectivity index (χ2n) is 4.35. The fourth-order valence-corrected chi connectivity index (χ4v) is 1.92. The molecular formula is C13H17N5O. The summed E-state index contributed by atoms with van der Waals surface area (Å²) in [4.78, 5) is 16.4. The highest BCUT2D eigenvalue weighted by Gasteiger charge is 2.17. The maximum atomic E-state index is 12.0. The summed E-state index contributed by atoms with van der Waals surface area (Å²) in [6.07, 6.45) is 2.48. The van der Waals surface area contributed by atoms with E-state index in [4.69, 9.17) is 5.73 Å². The average molecular weight is 259 g/mol. The van der Waals surface area contributed by atoms with Crippen molar-refractivity contribution in [1.29, 1.82) is 0 Å². The van der Waals surface area contributed by atoms with E-state index >= 15 is 0 Å². The molecule has 0 saturated heterocycles. The number of rotatable bonds is 4. The number of carbonyl (C=O) groups is 1. The molecule has 0 aliphatic rings. The minimum absolute atomic E-state index is 0.127. The third kappa shape index (κ3) is 2.90. The standard InChI is InChI=1S/C13H17N5O/c1-3-9(12-8(2)5-4-6-15-12)16-13(19)10-7-11(14)18-17-10/h4-7,9H,3H2,1-2H3,(H,16,19)(H3,14,17,18)/t9-/m1/s1. The molecule has 0 radical (unpaired) electrons. The number of amides is 1. The lowest BCUT2D eigenvalue weighted by molar-refractivity contribution is 0.0929. The molecule has 6 nitrogen and oxygen atoms in total. The summed E-state index contributed by atoms with van der Waals surface area (Å²) in [6.45, 7) is 3.98. The lowest BCUT2D eigenvalue weighted by Crippen LogP contribution is -2.29. The maximum Gasteiger partial charge on any atom is 0.269 e. The number of nitrogens with one attached hydrogen (secondary N) is 2. The SMILES string of the molecule is CC[C@@H](NC(=O)c1cc(N)n[nH]1)c1ncccc1C. The van der Waals surface area contributed by atoms with Crippen molar-refractivity contribution in [3.8, 4) is 0 Å². The van der Waals surface area contributed by atoms with Gasteiger partial charge in [0.25, 0.3) is 5.91 Å². The molecule has 6 heteroatoms. The number of aromatic nitrogens is 3. The first-order chi connectivity index (χ1) is 9.11. The fourth-order valence-electron chi connectivity index (χ4n) is 1.92. The Labute approximate surface area is 111 Å². The Morgan fingerprint density at radius 1 is 1.58 bits per heavy atom. The van der Waals surface area contributed by atoms with E-state index in [9.17, 15) is 4.79 Å². The van der Waals surface area contributed by atoms with Crippen molar-refractivity contribution < 1.29 is 4.79 Å². The van der Waals surface area contributed by atoms with E-state index in [1.54, 1.807) is 6.20 Å². The van der Waals surface area contributed by atoms with Gasteiger partial charge in [-0.05, 0) is 25.0 Å². The van der Waals surface area contributed by atoms with E-state index in [-0.39, 0.29) is 11.9 Å². The van der Waals surface area contributed by atoms with Gasteiger partial charge in [-0.1, -0.05) is 13.0 Å². The van der Waals surface area contributed by atoms with Gasteiger partial charge in [-0.25, -0.2) is 0 Å². The highest BCUT2D eigenvalue weighted by Crippen LogP contribution is 2.18. The van der Waals surface area contributed by atoms with E-state index in [2.05, 4.69) is 20.5 Å². The maximum absolute atomic E-state index is 12.0. The monoisotopic (exact) mass is 259 g/mol. The zero-order valence-electron chi connectivity index (χ0n) is 11.0. The van der Waals surface area contributed by atoms with E-state index in [0.29, 0.717) is 11.5 Å². The molecule has 19 heavy (non-hydrogen) atoms. The lowest BCUT2D eigenvalue weighted by atomic mass is 10.1. The van der Waals surface area contributed by atoms with Crippen LogP contribution >= 0.6 is 0 Å². The number of hydrogen-bond donors (Lipinski definition) is 3. The van der Waals surface area contributed by atoms with Gasteiger partial charge >= 0.3 is 0 Å². The van der Waals surface area contributed by atoms with E-state index in [1.165, 1.54) is 6.07 Å². The molecule has 0 aromatic carbocycles. The summed E-state index contributed by atoms with van der Waals surface area (Å²) >= 11 is 0. The van der Waals surface area contributed by atoms with Gasteiger partial charge in [0.1, 0.15) is 11.5 Å². The number of pyridine rings is 1. The van der Waals surface area contributed by atoms with Crippen LogP contribution in [0.15, 0.2) is 24.4 Å². The molecule has 0 spiro atoms. The molecule has 0 saturated carbocycles. The van der Waals surface area contributed by atoms with Gasteiger partial charge in [0, 0.05) is 12.3 Å². The highest BCUT2D eigenvalue weighted by molar-refractivity contribution is 5.93. The second kappa shape index (κ2) is 5.51. The molecule has 1 atom stereocenters. The number of aryl methyl sites for hydroxylation is 1. The molecule has 2 aromatic rings. The van der Waals surface area contributed by atoms with Crippen LogP contribution in [0.5, 0.6) is 0 Å². The molecule has 0 bridgehead atoms. The number of hydrogen-bond acceptors (Lipinski definition) is 4. The lowest BCUT2D eigenvalue weighted by Gasteiger charge is -2.17. The number of nitrogens with zero attached hydrogens (tertiary/aromatic N) is 2. The Morgan fingerprint density at radius 3 is 2.95 bits per heavy atom.